The maximum atomic E-state index is 12.2. The van der Waals surface area contributed by atoms with Crippen LogP contribution in [-0.4, -0.2) is 56.1 Å². The lowest BCUT2D eigenvalue weighted by Crippen LogP contribution is -2.43. The summed E-state index contributed by atoms with van der Waals surface area (Å²) < 4.78 is 9.75. The van der Waals surface area contributed by atoms with Gasteiger partial charge in [0.15, 0.2) is 0 Å². The number of rotatable bonds is 6. The van der Waals surface area contributed by atoms with E-state index in [0.29, 0.717) is 23.7 Å². The van der Waals surface area contributed by atoms with Gasteiger partial charge in [-0.05, 0) is 37.8 Å². The Morgan fingerprint density at radius 3 is 2.92 bits per heavy atom. The van der Waals surface area contributed by atoms with E-state index in [0.717, 1.165) is 19.4 Å². The number of hydrogen-bond donors (Lipinski definition) is 1. The molecule has 0 spiro atoms. The molecule has 1 aliphatic rings. The highest BCUT2D eigenvalue weighted by molar-refractivity contribution is 7.12. The van der Waals surface area contributed by atoms with Gasteiger partial charge in [-0.1, -0.05) is 0 Å². The Bertz CT molecular complexity index is 601. The molecule has 1 aromatic rings. The van der Waals surface area contributed by atoms with Crippen molar-refractivity contribution in [2.24, 2.45) is 5.92 Å². The van der Waals surface area contributed by atoms with Crippen molar-refractivity contribution >= 4 is 34.9 Å². The molecule has 7 nitrogen and oxygen atoms in total. The first-order chi connectivity index (χ1) is 11.5. The summed E-state index contributed by atoms with van der Waals surface area (Å²) in [5.41, 5.74) is 0.454. The van der Waals surface area contributed by atoms with Crippen LogP contribution in [0.5, 0.6) is 0 Å². The van der Waals surface area contributed by atoms with Gasteiger partial charge in [-0.2, -0.15) is 0 Å². The molecule has 0 aromatic carbocycles. The normalized spacial score (nSPS) is 18.0. The molecule has 1 aromatic heterocycles. The molecule has 2 heterocycles. The number of esters is 2. The summed E-state index contributed by atoms with van der Waals surface area (Å²) in [4.78, 5) is 38.0. The third-order valence-electron chi connectivity index (χ3n) is 3.80. The first kappa shape index (κ1) is 18.4. The van der Waals surface area contributed by atoms with Crippen molar-refractivity contribution < 1.29 is 23.9 Å². The van der Waals surface area contributed by atoms with Crippen molar-refractivity contribution in [3.63, 3.8) is 0 Å². The number of carbonyl (C=O) groups is 3. The topological polar surface area (TPSA) is 84.9 Å². The minimum absolute atomic E-state index is 0.173. The third-order valence-corrected chi connectivity index (χ3v) is 4.70. The van der Waals surface area contributed by atoms with E-state index in [4.69, 9.17) is 4.74 Å². The van der Waals surface area contributed by atoms with Gasteiger partial charge >= 0.3 is 11.9 Å². The van der Waals surface area contributed by atoms with Gasteiger partial charge < -0.3 is 14.8 Å². The Morgan fingerprint density at radius 1 is 1.42 bits per heavy atom. The number of nitrogens with one attached hydrogen (secondary N) is 1. The van der Waals surface area contributed by atoms with E-state index in [1.807, 2.05) is 4.90 Å². The number of carbonyl (C=O) groups excluding carboxylic acids is 3. The van der Waals surface area contributed by atoms with E-state index in [1.165, 1.54) is 18.4 Å². The number of thiophene rings is 1. The monoisotopic (exact) mass is 354 g/mol. The molecule has 0 radical (unpaired) electrons. The van der Waals surface area contributed by atoms with Crippen molar-refractivity contribution in [2.45, 2.75) is 19.8 Å². The Morgan fingerprint density at radius 2 is 2.21 bits per heavy atom. The van der Waals surface area contributed by atoms with Crippen LogP contribution >= 0.6 is 11.3 Å². The SMILES string of the molecule is CCOC(=O)[C@H]1CCCN(CC(=O)Nc2ccsc2C(=O)OC)C1. The van der Waals surface area contributed by atoms with Crippen LogP contribution in [-0.2, 0) is 19.1 Å². The predicted molar refractivity (Wildman–Crippen MR) is 90.1 cm³/mol. The second-order valence-corrected chi connectivity index (χ2v) is 6.45. The van der Waals surface area contributed by atoms with Gasteiger partial charge in [-0.3, -0.25) is 14.5 Å². The van der Waals surface area contributed by atoms with Gasteiger partial charge in [0, 0.05) is 6.54 Å². The molecular formula is C16H22N2O5S. The van der Waals surface area contributed by atoms with Gasteiger partial charge in [0.2, 0.25) is 5.91 Å². The average molecular weight is 354 g/mol. The van der Waals surface area contributed by atoms with E-state index in [1.54, 1.807) is 18.4 Å². The number of nitrogens with zero attached hydrogens (tertiary/aromatic N) is 1. The van der Waals surface area contributed by atoms with Crippen molar-refractivity contribution in [2.75, 3.05) is 38.7 Å². The summed E-state index contributed by atoms with van der Waals surface area (Å²) in [6.45, 7) is 3.60. The third kappa shape index (κ3) is 4.78. The second kappa shape index (κ2) is 8.79. The summed E-state index contributed by atoms with van der Waals surface area (Å²) in [5, 5.41) is 4.46. The zero-order valence-corrected chi connectivity index (χ0v) is 14.7. The summed E-state index contributed by atoms with van der Waals surface area (Å²) in [7, 11) is 1.30. The first-order valence-corrected chi connectivity index (χ1v) is 8.77. The maximum absolute atomic E-state index is 12.2. The molecule has 1 aliphatic heterocycles. The van der Waals surface area contributed by atoms with Crippen molar-refractivity contribution in [3.8, 4) is 0 Å². The van der Waals surface area contributed by atoms with Crippen LogP contribution in [0.3, 0.4) is 0 Å². The summed E-state index contributed by atoms with van der Waals surface area (Å²) >= 11 is 1.22. The molecule has 1 atom stereocenters. The van der Waals surface area contributed by atoms with Crippen molar-refractivity contribution in [3.05, 3.63) is 16.3 Å². The number of likely N-dealkylation sites (tertiary alicyclic amines) is 1. The second-order valence-electron chi connectivity index (χ2n) is 5.53. The molecule has 0 unspecified atom stereocenters. The number of anilines is 1. The minimum Gasteiger partial charge on any atom is -0.466 e. The number of ether oxygens (including phenoxy) is 2. The molecule has 1 fully saturated rings. The fourth-order valence-electron chi connectivity index (χ4n) is 2.70. The molecule has 1 saturated heterocycles. The summed E-state index contributed by atoms with van der Waals surface area (Å²) in [5.74, 6) is -1.07. The highest BCUT2D eigenvalue weighted by Gasteiger charge is 2.28. The van der Waals surface area contributed by atoms with Gasteiger partial charge in [-0.15, -0.1) is 11.3 Å². The average Bonchev–Trinajstić information content (AvgIpc) is 3.02. The highest BCUT2D eigenvalue weighted by atomic mass is 32.1. The van der Waals surface area contributed by atoms with Crippen LogP contribution in [0.4, 0.5) is 5.69 Å². The fourth-order valence-corrected chi connectivity index (χ4v) is 3.47. The van der Waals surface area contributed by atoms with Crippen LogP contribution in [0.15, 0.2) is 11.4 Å². The van der Waals surface area contributed by atoms with Crippen LogP contribution in [0.1, 0.15) is 29.4 Å². The summed E-state index contributed by atoms with van der Waals surface area (Å²) in [6, 6.07) is 1.67. The minimum atomic E-state index is -0.472. The van der Waals surface area contributed by atoms with Gasteiger partial charge in [0.25, 0.3) is 0 Å². The lowest BCUT2D eigenvalue weighted by atomic mass is 9.98. The quantitative estimate of drug-likeness (QED) is 0.784. The van der Waals surface area contributed by atoms with Crippen LogP contribution in [0, 0.1) is 5.92 Å². The molecule has 1 amide bonds. The van der Waals surface area contributed by atoms with Crippen LogP contribution in [0.2, 0.25) is 0 Å². The van der Waals surface area contributed by atoms with Gasteiger partial charge in [-0.25, -0.2) is 4.79 Å². The van der Waals surface area contributed by atoms with Gasteiger partial charge in [0.1, 0.15) is 4.88 Å². The largest absolute Gasteiger partial charge is 0.466 e. The Balaban J connectivity index is 1.89. The lowest BCUT2D eigenvalue weighted by molar-refractivity contribution is -0.150. The van der Waals surface area contributed by atoms with E-state index in [9.17, 15) is 14.4 Å². The number of piperidine rings is 1. The smallest absolute Gasteiger partial charge is 0.350 e. The van der Waals surface area contributed by atoms with Crippen molar-refractivity contribution in [1.82, 2.24) is 4.90 Å². The Labute approximate surface area is 144 Å². The molecule has 132 valence electrons. The predicted octanol–water partition coefficient (Wildman–Crippen LogP) is 1.75. The molecule has 1 N–H and O–H groups in total. The molecule has 24 heavy (non-hydrogen) atoms. The molecule has 2 rings (SSSR count). The summed E-state index contributed by atoms with van der Waals surface area (Å²) in [6.07, 6.45) is 1.64. The lowest BCUT2D eigenvalue weighted by Gasteiger charge is -2.30. The number of hydrogen-bond acceptors (Lipinski definition) is 7. The van der Waals surface area contributed by atoms with Crippen LogP contribution < -0.4 is 5.32 Å². The highest BCUT2D eigenvalue weighted by Crippen LogP contribution is 2.23. The zero-order chi connectivity index (χ0) is 17.5. The standard InChI is InChI=1S/C16H22N2O5S/c1-3-23-15(20)11-5-4-7-18(9-11)10-13(19)17-12-6-8-24-14(12)16(21)22-2/h6,8,11H,3-5,7,9-10H2,1-2H3,(H,17,19)/t11-/m0/s1. The molecule has 0 saturated carbocycles. The molecule has 0 aliphatic carbocycles. The Hall–Kier alpha value is -1.93. The van der Waals surface area contributed by atoms with Gasteiger partial charge in [0.05, 0.1) is 31.9 Å². The van der Waals surface area contributed by atoms with E-state index < -0.39 is 5.97 Å². The zero-order valence-electron chi connectivity index (χ0n) is 13.9. The van der Waals surface area contributed by atoms with E-state index in [2.05, 4.69) is 10.1 Å². The van der Waals surface area contributed by atoms with Crippen LogP contribution in [0.25, 0.3) is 0 Å². The number of amides is 1. The Kier molecular flexibility index (Phi) is 6.74. The van der Waals surface area contributed by atoms with E-state index >= 15 is 0 Å². The molecular weight excluding hydrogens is 332 g/mol. The van der Waals surface area contributed by atoms with Crippen molar-refractivity contribution in [1.29, 1.82) is 0 Å². The number of methoxy groups -OCH3 is 1. The maximum Gasteiger partial charge on any atom is 0.350 e. The fraction of sp³-hybridized carbons (Fsp3) is 0.562. The molecule has 0 bridgehead atoms. The first-order valence-electron chi connectivity index (χ1n) is 7.89. The molecule has 8 heteroatoms. The van der Waals surface area contributed by atoms with E-state index in [-0.39, 0.29) is 24.3 Å².